The third kappa shape index (κ3) is 1.72. The summed E-state index contributed by atoms with van der Waals surface area (Å²) in [5.41, 5.74) is 5.50. The summed E-state index contributed by atoms with van der Waals surface area (Å²) in [6.45, 7) is 4.27. The number of hydrogen-bond donors (Lipinski definition) is 0. The first-order chi connectivity index (χ1) is 9.22. The van der Waals surface area contributed by atoms with Gasteiger partial charge in [-0.3, -0.25) is 4.90 Å². The molecule has 1 aromatic heterocycles. The minimum atomic E-state index is 0.953. The topological polar surface area (TPSA) is 19.6 Å². The van der Waals surface area contributed by atoms with E-state index in [-0.39, 0.29) is 0 Å². The highest BCUT2D eigenvalue weighted by molar-refractivity contribution is 5.86. The molecule has 4 rings (SSSR count). The van der Waals surface area contributed by atoms with Gasteiger partial charge >= 0.3 is 0 Å². The Hall–Kier alpha value is -1.32. The zero-order chi connectivity index (χ0) is 13.0. The molecule has 1 aromatic carbocycles. The van der Waals surface area contributed by atoms with Gasteiger partial charge in [0.15, 0.2) is 0 Å². The maximum absolute atomic E-state index is 6.24. The lowest BCUT2D eigenvalue weighted by atomic mass is 9.95. The summed E-state index contributed by atoms with van der Waals surface area (Å²) in [4.78, 5) is 4.72. The largest absolute Gasteiger partial charge is 0.459 e. The van der Waals surface area contributed by atoms with Crippen LogP contribution in [-0.2, 0) is 25.9 Å². The standard InChI is InChI=1S/C16H20N2O/c1-17-7-5-11-3-4-13-12-6-8-18(2)10-15(12)19-16(13)14(11)9-17/h3-4H,5-10H2,1-2H3. The van der Waals surface area contributed by atoms with Crippen LogP contribution in [0.3, 0.4) is 0 Å². The Morgan fingerprint density at radius 2 is 1.74 bits per heavy atom. The fourth-order valence-electron chi connectivity index (χ4n) is 3.45. The van der Waals surface area contributed by atoms with Crippen molar-refractivity contribution in [2.24, 2.45) is 0 Å². The first kappa shape index (κ1) is 11.5. The maximum atomic E-state index is 6.24. The van der Waals surface area contributed by atoms with E-state index in [2.05, 4.69) is 36.0 Å². The SMILES string of the molecule is CN1CCc2c(oc3c4c(ccc23)CCN(C)C4)C1. The van der Waals surface area contributed by atoms with Crippen molar-refractivity contribution in [1.82, 2.24) is 9.80 Å². The monoisotopic (exact) mass is 256 g/mol. The van der Waals surface area contributed by atoms with Crippen LogP contribution in [0.2, 0.25) is 0 Å². The van der Waals surface area contributed by atoms with Crippen molar-refractivity contribution in [1.29, 1.82) is 0 Å². The fraction of sp³-hybridized carbons (Fsp3) is 0.500. The van der Waals surface area contributed by atoms with Crippen LogP contribution in [0.4, 0.5) is 0 Å². The van der Waals surface area contributed by atoms with E-state index >= 15 is 0 Å². The number of hydrogen-bond acceptors (Lipinski definition) is 3. The molecule has 0 saturated carbocycles. The molecule has 2 aliphatic heterocycles. The van der Waals surface area contributed by atoms with E-state index in [9.17, 15) is 0 Å². The molecule has 2 aliphatic rings. The van der Waals surface area contributed by atoms with Crippen LogP contribution in [0.5, 0.6) is 0 Å². The molecular weight excluding hydrogens is 236 g/mol. The lowest BCUT2D eigenvalue weighted by Gasteiger charge is -2.24. The molecule has 0 radical (unpaired) electrons. The number of furan rings is 1. The minimum absolute atomic E-state index is 0.953. The molecular formula is C16H20N2O. The normalized spacial score (nSPS) is 20.5. The minimum Gasteiger partial charge on any atom is -0.459 e. The van der Waals surface area contributed by atoms with Crippen LogP contribution in [0.15, 0.2) is 16.5 Å². The summed E-state index contributed by atoms with van der Waals surface area (Å²) >= 11 is 0. The highest BCUT2D eigenvalue weighted by Gasteiger charge is 2.24. The highest BCUT2D eigenvalue weighted by atomic mass is 16.3. The third-order valence-corrected chi connectivity index (χ3v) is 4.59. The summed E-state index contributed by atoms with van der Waals surface area (Å²) in [5, 5.41) is 1.36. The molecule has 0 atom stereocenters. The van der Waals surface area contributed by atoms with Crippen molar-refractivity contribution < 1.29 is 4.42 Å². The first-order valence-corrected chi connectivity index (χ1v) is 7.14. The molecule has 3 nitrogen and oxygen atoms in total. The fourth-order valence-corrected chi connectivity index (χ4v) is 3.45. The second-order valence-corrected chi connectivity index (χ2v) is 6.06. The molecule has 2 aromatic rings. The Labute approximate surface area is 113 Å². The third-order valence-electron chi connectivity index (χ3n) is 4.59. The smallest absolute Gasteiger partial charge is 0.139 e. The van der Waals surface area contributed by atoms with Gasteiger partial charge < -0.3 is 9.32 Å². The van der Waals surface area contributed by atoms with Crippen molar-refractivity contribution in [3.05, 3.63) is 34.6 Å². The van der Waals surface area contributed by atoms with E-state index in [1.165, 1.54) is 27.8 Å². The van der Waals surface area contributed by atoms with Crippen LogP contribution in [0.1, 0.15) is 22.5 Å². The van der Waals surface area contributed by atoms with Crippen LogP contribution in [0, 0.1) is 0 Å². The van der Waals surface area contributed by atoms with Crippen LogP contribution in [-0.4, -0.2) is 37.0 Å². The first-order valence-electron chi connectivity index (χ1n) is 7.14. The van der Waals surface area contributed by atoms with E-state index in [1.807, 2.05) is 0 Å². The molecule has 0 N–H and O–H groups in total. The molecule has 19 heavy (non-hydrogen) atoms. The number of nitrogens with zero attached hydrogens (tertiary/aromatic N) is 2. The molecule has 0 aliphatic carbocycles. The maximum Gasteiger partial charge on any atom is 0.139 e. The predicted octanol–water partition coefficient (Wildman–Crippen LogP) is 2.41. The van der Waals surface area contributed by atoms with E-state index in [0.29, 0.717) is 0 Å². The van der Waals surface area contributed by atoms with Gasteiger partial charge in [0, 0.05) is 36.1 Å². The van der Waals surface area contributed by atoms with Crippen molar-refractivity contribution in [2.45, 2.75) is 25.9 Å². The summed E-state index contributed by atoms with van der Waals surface area (Å²) < 4.78 is 6.24. The van der Waals surface area contributed by atoms with Crippen LogP contribution >= 0.6 is 0 Å². The van der Waals surface area contributed by atoms with E-state index in [4.69, 9.17) is 4.42 Å². The van der Waals surface area contributed by atoms with Crippen molar-refractivity contribution in [3.8, 4) is 0 Å². The number of likely N-dealkylation sites (N-methyl/N-ethyl adjacent to an activating group) is 2. The second-order valence-electron chi connectivity index (χ2n) is 6.06. The Morgan fingerprint density at radius 3 is 2.63 bits per heavy atom. The van der Waals surface area contributed by atoms with E-state index < -0.39 is 0 Å². The number of fused-ring (bicyclic) bond motifs is 5. The average Bonchev–Trinajstić information content (AvgIpc) is 2.76. The lowest BCUT2D eigenvalue weighted by Crippen LogP contribution is -2.26. The van der Waals surface area contributed by atoms with Crippen LogP contribution in [0.25, 0.3) is 11.0 Å². The number of benzene rings is 1. The second kappa shape index (κ2) is 4.09. The molecule has 0 amide bonds. The average molecular weight is 256 g/mol. The van der Waals surface area contributed by atoms with Gasteiger partial charge in [-0.05, 0) is 32.5 Å². The Bertz CT molecular complexity index is 644. The Morgan fingerprint density at radius 1 is 0.947 bits per heavy atom. The zero-order valence-electron chi connectivity index (χ0n) is 11.7. The van der Waals surface area contributed by atoms with Gasteiger partial charge in [0.25, 0.3) is 0 Å². The molecule has 0 fully saturated rings. The molecule has 0 spiro atoms. The van der Waals surface area contributed by atoms with Crippen molar-refractivity contribution >= 4 is 11.0 Å². The van der Waals surface area contributed by atoms with Gasteiger partial charge in [-0.2, -0.15) is 0 Å². The summed E-state index contributed by atoms with van der Waals surface area (Å²) in [6.07, 6.45) is 2.26. The summed E-state index contributed by atoms with van der Waals surface area (Å²) in [5.74, 6) is 1.19. The van der Waals surface area contributed by atoms with Gasteiger partial charge in [-0.1, -0.05) is 12.1 Å². The van der Waals surface area contributed by atoms with Gasteiger partial charge in [0.05, 0.1) is 6.54 Å². The zero-order valence-corrected chi connectivity index (χ0v) is 11.7. The van der Waals surface area contributed by atoms with Crippen molar-refractivity contribution in [3.63, 3.8) is 0 Å². The van der Waals surface area contributed by atoms with Gasteiger partial charge in [-0.25, -0.2) is 0 Å². The lowest BCUT2D eigenvalue weighted by molar-refractivity contribution is 0.279. The molecule has 100 valence electrons. The molecule has 3 heteroatoms. The highest BCUT2D eigenvalue weighted by Crippen LogP contribution is 2.35. The van der Waals surface area contributed by atoms with Gasteiger partial charge in [0.1, 0.15) is 11.3 Å². The predicted molar refractivity (Wildman–Crippen MR) is 76.3 cm³/mol. The van der Waals surface area contributed by atoms with E-state index in [1.54, 1.807) is 0 Å². The van der Waals surface area contributed by atoms with Gasteiger partial charge in [-0.15, -0.1) is 0 Å². The Kier molecular flexibility index (Phi) is 2.47. The van der Waals surface area contributed by atoms with Gasteiger partial charge in [0.2, 0.25) is 0 Å². The van der Waals surface area contributed by atoms with Crippen LogP contribution < -0.4 is 0 Å². The molecule has 0 bridgehead atoms. The Balaban J connectivity index is 1.93. The quantitative estimate of drug-likeness (QED) is 0.721. The van der Waals surface area contributed by atoms with Crippen molar-refractivity contribution in [2.75, 3.05) is 27.2 Å². The summed E-state index contributed by atoms with van der Waals surface area (Å²) in [7, 11) is 4.36. The summed E-state index contributed by atoms with van der Waals surface area (Å²) in [6, 6.07) is 4.60. The van der Waals surface area contributed by atoms with E-state index in [0.717, 1.165) is 44.6 Å². The molecule has 3 heterocycles. The molecule has 0 saturated heterocycles. The molecule has 0 unspecified atom stereocenters. The number of rotatable bonds is 0.